The molecule has 1 aromatic rings. The summed E-state index contributed by atoms with van der Waals surface area (Å²) in [7, 11) is 0. The molecule has 1 fully saturated rings. The Bertz CT molecular complexity index is 239. The zero-order chi connectivity index (χ0) is 9.10. The quantitative estimate of drug-likeness (QED) is 0.709. The van der Waals surface area contributed by atoms with Gasteiger partial charge in [0.05, 0.1) is 0 Å². The molecule has 72 valence electrons. The Balaban J connectivity index is 1.74. The van der Waals surface area contributed by atoms with Gasteiger partial charge in [-0.25, -0.2) is 0 Å². The Hall–Kier alpha value is 0.180. The fourth-order valence-electron chi connectivity index (χ4n) is 1.82. The van der Waals surface area contributed by atoms with Crippen molar-refractivity contribution in [2.45, 2.75) is 36.9 Å². The lowest BCUT2D eigenvalue weighted by atomic mass is 9.82. The van der Waals surface area contributed by atoms with Crippen LogP contribution in [0.3, 0.4) is 0 Å². The summed E-state index contributed by atoms with van der Waals surface area (Å²) in [6.07, 6.45) is 6.98. The molecular formula is C11H15BrS. The first kappa shape index (κ1) is 9.72. The van der Waals surface area contributed by atoms with Crippen LogP contribution < -0.4 is 0 Å². The molecule has 2 rings (SSSR count). The molecule has 1 heterocycles. The molecular weight excluding hydrogens is 244 g/mol. The van der Waals surface area contributed by atoms with E-state index in [0.29, 0.717) is 4.83 Å². The topological polar surface area (TPSA) is 0 Å². The number of hydrogen-bond acceptors (Lipinski definition) is 1. The van der Waals surface area contributed by atoms with E-state index in [1.807, 2.05) is 11.3 Å². The highest BCUT2D eigenvalue weighted by Crippen LogP contribution is 2.33. The van der Waals surface area contributed by atoms with E-state index < -0.39 is 0 Å². The second-order valence-electron chi connectivity index (χ2n) is 3.91. The van der Waals surface area contributed by atoms with E-state index in [2.05, 4.69) is 33.4 Å². The fraction of sp³-hybridized carbons (Fsp3) is 0.636. The lowest BCUT2D eigenvalue weighted by Gasteiger charge is -2.27. The first-order valence-electron chi connectivity index (χ1n) is 5.01. The summed E-state index contributed by atoms with van der Waals surface area (Å²) >= 11 is 5.66. The van der Waals surface area contributed by atoms with Gasteiger partial charge in [0, 0.05) is 9.70 Å². The van der Waals surface area contributed by atoms with Gasteiger partial charge in [0.2, 0.25) is 0 Å². The van der Waals surface area contributed by atoms with Crippen molar-refractivity contribution in [3.05, 3.63) is 22.4 Å². The van der Waals surface area contributed by atoms with Crippen molar-refractivity contribution in [3.8, 4) is 0 Å². The Morgan fingerprint density at radius 1 is 1.54 bits per heavy atom. The molecule has 1 atom stereocenters. The van der Waals surface area contributed by atoms with Crippen molar-refractivity contribution in [2.24, 2.45) is 5.92 Å². The van der Waals surface area contributed by atoms with E-state index in [1.54, 1.807) is 0 Å². The minimum absolute atomic E-state index is 0.705. The third-order valence-electron chi connectivity index (χ3n) is 2.82. The zero-order valence-corrected chi connectivity index (χ0v) is 10.1. The summed E-state index contributed by atoms with van der Waals surface area (Å²) in [5, 5.41) is 2.17. The lowest BCUT2D eigenvalue weighted by molar-refractivity contribution is 0.294. The van der Waals surface area contributed by atoms with Crippen molar-refractivity contribution in [1.29, 1.82) is 0 Å². The molecule has 0 N–H and O–H groups in total. The Labute approximate surface area is 92.5 Å². The molecule has 0 spiro atoms. The maximum absolute atomic E-state index is 3.78. The van der Waals surface area contributed by atoms with Crippen LogP contribution in [0.4, 0.5) is 0 Å². The van der Waals surface area contributed by atoms with Crippen molar-refractivity contribution < 1.29 is 0 Å². The van der Waals surface area contributed by atoms with Crippen LogP contribution >= 0.6 is 27.3 Å². The molecule has 0 bridgehead atoms. The fourth-order valence-corrected chi connectivity index (χ4v) is 3.70. The van der Waals surface area contributed by atoms with Crippen molar-refractivity contribution in [2.75, 3.05) is 0 Å². The Morgan fingerprint density at radius 3 is 2.92 bits per heavy atom. The SMILES string of the molecule is BrC(Cc1cccs1)CC1CCC1. The summed E-state index contributed by atoms with van der Waals surface area (Å²) < 4.78 is 0. The van der Waals surface area contributed by atoms with Crippen molar-refractivity contribution >= 4 is 27.3 Å². The number of halogens is 1. The largest absolute Gasteiger partial charge is 0.149 e. The monoisotopic (exact) mass is 258 g/mol. The van der Waals surface area contributed by atoms with Crippen LogP contribution in [-0.4, -0.2) is 4.83 Å². The maximum atomic E-state index is 3.78. The van der Waals surface area contributed by atoms with Gasteiger partial charge in [-0.1, -0.05) is 41.3 Å². The van der Waals surface area contributed by atoms with E-state index in [-0.39, 0.29) is 0 Å². The minimum atomic E-state index is 0.705. The van der Waals surface area contributed by atoms with Gasteiger partial charge in [-0.2, -0.15) is 0 Å². The summed E-state index contributed by atoms with van der Waals surface area (Å²) in [6.45, 7) is 0. The molecule has 0 aliphatic heterocycles. The molecule has 1 aliphatic carbocycles. The summed E-state index contributed by atoms with van der Waals surface area (Å²) in [6, 6.07) is 4.38. The lowest BCUT2D eigenvalue weighted by Crippen LogP contribution is -2.16. The van der Waals surface area contributed by atoms with Crippen LogP contribution in [0.25, 0.3) is 0 Å². The van der Waals surface area contributed by atoms with Crippen molar-refractivity contribution in [3.63, 3.8) is 0 Å². The summed E-state index contributed by atoms with van der Waals surface area (Å²) in [5.41, 5.74) is 0. The first-order chi connectivity index (χ1) is 6.34. The van der Waals surface area contributed by atoms with Crippen LogP contribution in [0.1, 0.15) is 30.6 Å². The third kappa shape index (κ3) is 2.81. The molecule has 13 heavy (non-hydrogen) atoms. The molecule has 1 unspecified atom stereocenters. The molecule has 0 amide bonds. The molecule has 0 nitrogen and oxygen atoms in total. The standard InChI is InChI=1S/C11H15BrS/c12-10(7-9-3-1-4-9)8-11-5-2-6-13-11/h2,5-6,9-10H,1,3-4,7-8H2. The second kappa shape index (κ2) is 4.61. The van der Waals surface area contributed by atoms with Gasteiger partial charge in [0.15, 0.2) is 0 Å². The van der Waals surface area contributed by atoms with E-state index in [4.69, 9.17) is 0 Å². The van der Waals surface area contributed by atoms with Crippen molar-refractivity contribution in [1.82, 2.24) is 0 Å². The van der Waals surface area contributed by atoms with E-state index in [1.165, 1.54) is 37.0 Å². The zero-order valence-electron chi connectivity index (χ0n) is 7.71. The number of alkyl halides is 1. The smallest absolute Gasteiger partial charge is 0.0196 e. The minimum Gasteiger partial charge on any atom is -0.149 e. The van der Waals surface area contributed by atoms with Crippen LogP contribution in [0.5, 0.6) is 0 Å². The van der Waals surface area contributed by atoms with Crippen LogP contribution in [0.15, 0.2) is 17.5 Å². The third-order valence-corrected chi connectivity index (χ3v) is 4.41. The average Bonchev–Trinajstić information content (AvgIpc) is 2.49. The van der Waals surface area contributed by atoms with E-state index >= 15 is 0 Å². The van der Waals surface area contributed by atoms with E-state index in [0.717, 1.165) is 5.92 Å². The van der Waals surface area contributed by atoms with E-state index in [9.17, 15) is 0 Å². The second-order valence-corrected chi connectivity index (χ2v) is 6.24. The summed E-state index contributed by atoms with van der Waals surface area (Å²) in [4.78, 5) is 2.22. The normalized spacial score (nSPS) is 19.8. The Morgan fingerprint density at radius 2 is 2.38 bits per heavy atom. The predicted octanol–water partition coefficient (Wildman–Crippen LogP) is 4.24. The van der Waals surface area contributed by atoms with Crippen LogP contribution in [0.2, 0.25) is 0 Å². The summed E-state index contributed by atoms with van der Waals surface area (Å²) in [5.74, 6) is 1.02. The highest BCUT2D eigenvalue weighted by molar-refractivity contribution is 9.09. The predicted molar refractivity (Wildman–Crippen MR) is 62.7 cm³/mol. The van der Waals surface area contributed by atoms with Gasteiger partial charge in [-0.15, -0.1) is 11.3 Å². The Kier molecular flexibility index (Phi) is 3.45. The number of rotatable bonds is 4. The molecule has 2 heteroatoms. The van der Waals surface area contributed by atoms with Gasteiger partial charge in [0.25, 0.3) is 0 Å². The average molecular weight is 259 g/mol. The number of thiophene rings is 1. The maximum Gasteiger partial charge on any atom is 0.0196 e. The molecule has 0 radical (unpaired) electrons. The molecule has 0 aromatic carbocycles. The highest BCUT2D eigenvalue weighted by atomic mass is 79.9. The van der Waals surface area contributed by atoms with Gasteiger partial charge in [-0.3, -0.25) is 0 Å². The molecule has 1 aromatic heterocycles. The highest BCUT2D eigenvalue weighted by Gasteiger charge is 2.20. The van der Waals surface area contributed by atoms with Crippen LogP contribution in [-0.2, 0) is 6.42 Å². The van der Waals surface area contributed by atoms with Crippen LogP contribution in [0, 0.1) is 5.92 Å². The van der Waals surface area contributed by atoms with Gasteiger partial charge >= 0.3 is 0 Å². The molecule has 1 saturated carbocycles. The molecule has 1 aliphatic rings. The van der Waals surface area contributed by atoms with Gasteiger partial charge in [0.1, 0.15) is 0 Å². The molecule has 0 saturated heterocycles. The number of hydrogen-bond donors (Lipinski definition) is 0. The first-order valence-corrected chi connectivity index (χ1v) is 6.80. The van der Waals surface area contributed by atoms with Gasteiger partial charge in [-0.05, 0) is 30.2 Å². The van der Waals surface area contributed by atoms with Gasteiger partial charge < -0.3 is 0 Å².